The summed E-state index contributed by atoms with van der Waals surface area (Å²) in [6.45, 7) is 3.99. The van der Waals surface area contributed by atoms with E-state index in [1.165, 1.54) is 5.56 Å². The monoisotopic (exact) mass is 486 g/mol. The van der Waals surface area contributed by atoms with Crippen molar-refractivity contribution >= 4 is 33.9 Å². The SMILES string of the molecule is Cc1cc(Nc2cccc(C(=O)NCCN(Cc3ccccc3)c3ccccc3)c2)c2ccccc2n1. The van der Waals surface area contributed by atoms with E-state index in [0.29, 0.717) is 18.7 Å². The fraction of sp³-hybridized carbons (Fsp3) is 0.125. The molecular formula is C32H30N4O. The predicted molar refractivity (Wildman–Crippen MR) is 152 cm³/mol. The maximum absolute atomic E-state index is 13.0. The molecule has 5 heteroatoms. The van der Waals surface area contributed by atoms with Crippen LogP contribution in [0.5, 0.6) is 0 Å². The molecule has 0 saturated carbocycles. The van der Waals surface area contributed by atoms with Crippen molar-refractivity contribution in [1.82, 2.24) is 10.3 Å². The van der Waals surface area contributed by atoms with Gasteiger partial charge < -0.3 is 15.5 Å². The lowest BCUT2D eigenvalue weighted by atomic mass is 10.1. The van der Waals surface area contributed by atoms with Crippen LogP contribution in [0.2, 0.25) is 0 Å². The third-order valence-electron chi connectivity index (χ3n) is 6.25. The molecule has 2 N–H and O–H groups in total. The van der Waals surface area contributed by atoms with E-state index < -0.39 is 0 Å². The fourth-order valence-corrected chi connectivity index (χ4v) is 4.45. The highest BCUT2D eigenvalue weighted by Gasteiger charge is 2.11. The molecule has 0 atom stereocenters. The van der Waals surface area contributed by atoms with Crippen molar-refractivity contribution in [1.29, 1.82) is 0 Å². The van der Waals surface area contributed by atoms with Gasteiger partial charge in [-0.3, -0.25) is 9.78 Å². The number of aromatic nitrogens is 1. The van der Waals surface area contributed by atoms with Crippen molar-refractivity contribution in [2.75, 3.05) is 23.3 Å². The summed E-state index contributed by atoms with van der Waals surface area (Å²) in [6.07, 6.45) is 0. The summed E-state index contributed by atoms with van der Waals surface area (Å²) in [7, 11) is 0. The molecule has 1 heterocycles. The number of nitrogens with zero attached hydrogens (tertiary/aromatic N) is 2. The van der Waals surface area contributed by atoms with E-state index in [1.807, 2.05) is 79.7 Å². The Labute approximate surface area is 217 Å². The van der Waals surface area contributed by atoms with Gasteiger partial charge in [-0.15, -0.1) is 0 Å². The number of anilines is 3. The highest BCUT2D eigenvalue weighted by molar-refractivity contribution is 5.96. The van der Waals surface area contributed by atoms with Gasteiger partial charge in [0.25, 0.3) is 5.91 Å². The van der Waals surface area contributed by atoms with E-state index in [9.17, 15) is 4.79 Å². The van der Waals surface area contributed by atoms with Crippen molar-refractivity contribution in [3.05, 3.63) is 132 Å². The number of pyridine rings is 1. The molecule has 0 spiro atoms. The molecule has 1 amide bonds. The summed E-state index contributed by atoms with van der Waals surface area (Å²) in [5, 5.41) is 7.62. The van der Waals surface area contributed by atoms with E-state index in [-0.39, 0.29) is 5.91 Å². The van der Waals surface area contributed by atoms with Crippen LogP contribution in [0, 0.1) is 6.92 Å². The zero-order valence-corrected chi connectivity index (χ0v) is 20.9. The number of carbonyl (C=O) groups is 1. The molecule has 1 aromatic heterocycles. The number of para-hydroxylation sites is 2. The van der Waals surface area contributed by atoms with Gasteiger partial charge in [-0.05, 0) is 55.0 Å². The first-order chi connectivity index (χ1) is 18.2. The molecule has 5 aromatic rings. The highest BCUT2D eigenvalue weighted by Crippen LogP contribution is 2.26. The zero-order chi connectivity index (χ0) is 25.5. The minimum atomic E-state index is -0.0906. The molecule has 4 aromatic carbocycles. The second-order valence-corrected chi connectivity index (χ2v) is 9.03. The molecular weight excluding hydrogens is 456 g/mol. The van der Waals surface area contributed by atoms with Crippen LogP contribution in [0.25, 0.3) is 10.9 Å². The summed E-state index contributed by atoms with van der Waals surface area (Å²) >= 11 is 0. The van der Waals surface area contributed by atoms with Crippen molar-refractivity contribution in [2.45, 2.75) is 13.5 Å². The van der Waals surface area contributed by atoms with Crippen LogP contribution < -0.4 is 15.5 Å². The fourth-order valence-electron chi connectivity index (χ4n) is 4.45. The van der Waals surface area contributed by atoms with Crippen molar-refractivity contribution < 1.29 is 4.79 Å². The van der Waals surface area contributed by atoms with Gasteiger partial charge in [0.2, 0.25) is 0 Å². The summed E-state index contributed by atoms with van der Waals surface area (Å²) in [6, 6.07) is 38.4. The number of nitrogens with one attached hydrogen (secondary N) is 2. The van der Waals surface area contributed by atoms with Gasteiger partial charge in [0.05, 0.1) is 5.52 Å². The van der Waals surface area contributed by atoms with Crippen LogP contribution in [-0.4, -0.2) is 24.0 Å². The Balaban J connectivity index is 1.25. The standard InChI is InChI=1S/C32H30N4O/c1-24-21-31(29-17-8-9-18-30(29)34-24)35-27-14-10-13-26(22-27)32(37)33-19-20-36(28-15-6-3-7-16-28)23-25-11-4-2-5-12-25/h2-18,21-22H,19-20,23H2,1H3,(H,33,37)(H,34,35). The van der Waals surface area contributed by atoms with Crippen molar-refractivity contribution in [3.63, 3.8) is 0 Å². The normalized spacial score (nSPS) is 10.7. The van der Waals surface area contributed by atoms with E-state index in [4.69, 9.17) is 0 Å². The smallest absolute Gasteiger partial charge is 0.251 e. The van der Waals surface area contributed by atoms with Crippen molar-refractivity contribution in [3.8, 4) is 0 Å². The van der Waals surface area contributed by atoms with Crippen LogP contribution in [-0.2, 0) is 6.54 Å². The van der Waals surface area contributed by atoms with Gasteiger partial charge in [-0.25, -0.2) is 0 Å². The van der Waals surface area contributed by atoms with Crippen LogP contribution in [0.3, 0.4) is 0 Å². The Morgan fingerprint density at radius 1 is 0.811 bits per heavy atom. The van der Waals surface area contributed by atoms with Gasteiger partial charge in [-0.1, -0.05) is 72.8 Å². The maximum atomic E-state index is 13.0. The Hall–Kier alpha value is -4.64. The number of carbonyl (C=O) groups excluding carboxylic acids is 1. The molecule has 37 heavy (non-hydrogen) atoms. The number of rotatable bonds is 9. The Morgan fingerprint density at radius 3 is 2.35 bits per heavy atom. The van der Waals surface area contributed by atoms with Gasteiger partial charge >= 0.3 is 0 Å². The first-order valence-corrected chi connectivity index (χ1v) is 12.5. The van der Waals surface area contributed by atoms with Crippen LogP contribution in [0.15, 0.2) is 115 Å². The maximum Gasteiger partial charge on any atom is 0.251 e. The van der Waals surface area contributed by atoms with Gasteiger partial charge in [0.15, 0.2) is 0 Å². The number of hydrogen-bond acceptors (Lipinski definition) is 4. The minimum absolute atomic E-state index is 0.0906. The molecule has 5 rings (SSSR count). The first-order valence-electron chi connectivity index (χ1n) is 12.5. The average molecular weight is 487 g/mol. The van der Waals surface area contributed by atoms with E-state index in [2.05, 4.69) is 63.0 Å². The average Bonchev–Trinajstić information content (AvgIpc) is 2.93. The summed E-state index contributed by atoms with van der Waals surface area (Å²) < 4.78 is 0. The third kappa shape index (κ3) is 6.14. The number of hydrogen-bond donors (Lipinski definition) is 2. The molecule has 184 valence electrons. The molecule has 0 radical (unpaired) electrons. The largest absolute Gasteiger partial charge is 0.365 e. The van der Waals surface area contributed by atoms with Crippen LogP contribution >= 0.6 is 0 Å². The van der Waals surface area contributed by atoms with E-state index >= 15 is 0 Å². The van der Waals surface area contributed by atoms with Crippen LogP contribution in [0.1, 0.15) is 21.6 Å². The van der Waals surface area contributed by atoms with Crippen molar-refractivity contribution in [2.24, 2.45) is 0 Å². The van der Waals surface area contributed by atoms with Gasteiger partial charge in [-0.2, -0.15) is 0 Å². The summed E-state index contributed by atoms with van der Waals surface area (Å²) in [4.78, 5) is 19.9. The van der Waals surface area contributed by atoms with Gasteiger partial charge in [0.1, 0.15) is 0 Å². The summed E-state index contributed by atoms with van der Waals surface area (Å²) in [5.41, 5.74) is 6.70. The second-order valence-electron chi connectivity index (χ2n) is 9.03. The Morgan fingerprint density at radius 2 is 1.54 bits per heavy atom. The lowest BCUT2D eigenvalue weighted by molar-refractivity contribution is 0.0954. The molecule has 0 aliphatic heterocycles. The quantitative estimate of drug-likeness (QED) is 0.243. The molecule has 0 saturated heterocycles. The molecule has 0 aliphatic rings. The van der Waals surface area contributed by atoms with E-state index in [0.717, 1.165) is 40.2 Å². The third-order valence-corrected chi connectivity index (χ3v) is 6.25. The lowest BCUT2D eigenvalue weighted by Crippen LogP contribution is -2.34. The molecule has 0 bridgehead atoms. The lowest BCUT2D eigenvalue weighted by Gasteiger charge is -2.25. The highest BCUT2D eigenvalue weighted by atomic mass is 16.1. The number of aryl methyl sites for hydroxylation is 1. The number of fused-ring (bicyclic) bond motifs is 1. The van der Waals surface area contributed by atoms with Crippen LogP contribution in [0.4, 0.5) is 17.1 Å². The minimum Gasteiger partial charge on any atom is -0.365 e. The second kappa shape index (κ2) is 11.4. The number of amides is 1. The molecule has 0 aliphatic carbocycles. The Bertz CT molecular complexity index is 1490. The number of benzene rings is 4. The Kier molecular flexibility index (Phi) is 7.42. The molecule has 0 unspecified atom stereocenters. The molecule has 5 nitrogen and oxygen atoms in total. The topological polar surface area (TPSA) is 57.3 Å². The zero-order valence-electron chi connectivity index (χ0n) is 20.9. The molecule has 0 fully saturated rings. The summed E-state index contributed by atoms with van der Waals surface area (Å²) in [5.74, 6) is -0.0906. The first kappa shape index (κ1) is 24.1. The van der Waals surface area contributed by atoms with E-state index in [1.54, 1.807) is 0 Å². The predicted octanol–water partition coefficient (Wildman–Crippen LogP) is 6.72. The van der Waals surface area contributed by atoms with Gasteiger partial charge in [0, 0.05) is 53.3 Å².